The van der Waals surface area contributed by atoms with Crippen LogP contribution in [0.5, 0.6) is 5.75 Å². The number of aromatic nitrogens is 3. The van der Waals surface area contributed by atoms with Gasteiger partial charge >= 0.3 is 0 Å². The van der Waals surface area contributed by atoms with Crippen LogP contribution >= 0.6 is 0 Å². The molecule has 0 radical (unpaired) electrons. The summed E-state index contributed by atoms with van der Waals surface area (Å²) in [6, 6.07) is 21.7. The molecule has 0 bridgehead atoms. The van der Waals surface area contributed by atoms with Crippen molar-refractivity contribution in [3.63, 3.8) is 0 Å². The van der Waals surface area contributed by atoms with Crippen molar-refractivity contribution in [2.45, 2.75) is 6.92 Å². The average molecular weight is 371 g/mol. The molecule has 0 amide bonds. The first-order valence-electron chi connectivity index (χ1n) is 8.96. The molecular weight excluding hydrogens is 350 g/mol. The summed E-state index contributed by atoms with van der Waals surface area (Å²) in [7, 11) is 1.66. The molecule has 0 aliphatic carbocycles. The van der Waals surface area contributed by atoms with E-state index in [4.69, 9.17) is 4.74 Å². The molecule has 2 heterocycles. The molecule has 0 spiro atoms. The van der Waals surface area contributed by atoms with Gasteiger partial charge in [-0.15, -0.1) is 0 Å². The molecule has 140 valence electrons. The van der Waals surface area contributed by atoms with Gasteiger partial charge in [-0.05, 0) is 43.3 Å². The molecule has 0 atom stereocenters. The van der Waals surface area contributed by atoms with Gasteiger partial charge in [-0.1, -0.05) is 24.3 Å². The van der Waals surface area contributed by atoms with Gasteiger partial charge in [0.15, 0.2) is 0 Å². The molecule has 2 aromatic carbocycles. The summed E-state index contributed by atoms with van der Waals surface area (Å²) in [4.78, 5) is 8.90. The summed E-state index contributed by atoms with van der Waals surface area (Å²) in [5.41, 5.74) is 3.77. The second-order valence-corrected chi connectivity index (χ2v) is 6.33. The van der Waals surface area contributed by atoms with E-state index in [0.717, 1.165) is 40.1 Å². The zero-order valence-electron chi connectivity index (χ0n) is 15.8. The Hall–Kier alpha value is -3.80. The van der Waals surface area contributed by atoms with E-state index in [-0.39, 0.29) is 0 Å². The van der Waals surface area contributed by atoms with Crippen molar-refractivity contribution in [2.75, 3.05) is 17.7 Å². The maximum atomic E-state index is 5.57. The molecule has 0 aliphatic rings. The third kappa shape index (κ3) is 3.96. The smallest absolute Gasteiger partial charge is 0.144 e. The minimum atomic E-state index is 0.745. The van der Waals surface area contributed by atoms with Crippen LogP contribution in [0.2, 0.25) is 0 Å². The highest BCUT2D eigenvalue weighted by Crippen LogP contribution is 2.28. The minimum Gasteiger partial charge on any atom is -0.494 e. The third-order valence-corrected chi connectivity index (χ3v) is 4.24. The van der Waals surface area contributed by atoms with Crippen LogP contribution in [0.3, 0.4) is 0 Å². The monoisotopic (exact) mass is 371 g/mol. The van der Waals surface area contributed by atoms with E-state index in [1.165, 1.54) is 0 Å². The number of imidazole rings is 1. The molecule has 0 fully saturated rings. The molecule has 28 heavy (non-hydrogen) atoms. The zero-order chi connectivity index (χ0) is 19.3. The van der Waals surface area contributed by atoms with Crippen molar-refractivity contribution in [3.05, 3.63) is 84.9 Å². The first-order chi connectivity index (χ1) is 13.7. The van der Waals surface area contributed by atoms with Gasteiger partial charge in [-0.2, -0.15) is 0 Å². The molecule has 0 aliphatic heterocycles. The molecule has 6 heteroatoms. The van der Waals surface area contributed by atoms with Crippen LogP contribution in [-0.4, -0.2) is 21.6 Å². The molecule has 2 aromatic heterocycles. The Kier molecular flexibility index (Phi) is 4.93. The van der Waals surface area contributed by atoms with Crippen molar-refractivity contribution in [1.82, 2.24) is 14.5 Å². The lowest BCUT2D eigenvalue weighted by Crippen LogP contribution is -2.00. The summed E-state index contributed by atoms with van der Waals surface area (Å²) in [6.07, 6.45) is 3.74. The highest BCUT2D eigenvalue weighted by molar-refractivity contribution is 5.65. The number of anilines is 4. The molecule has 2 N–H and O–H groups in total. The predicted molar refractivity (Wildman–Crippen MR) is 112 cm³/mol. The second-order valence-electron chi connectivity index (χ2n) is 6.33. The highest BCUT2D eigenvalue weighted by Gasteiger charge is 2.08. The van der Waals surface area contributed by atoms with E-state index in [2.05, 4.69) is 20.6 Å². The van der Waals surface area contributed by atoms with E-state index in [0.29, 0.717) is 0 Å². The van der Waals surface area contributed by atoms with Gasteiger partial charge in [0.1, 0.15) is 17.4 Å². The van der Waals surface area contributed by atoms with Gasteiger partial charge in [0.2, 0.25) is 0 Å². The van der Waals surface area contributed by atoms with Crippen LogP contribution in [0.4, 0.5) is 23.0 Å². The Morgan fingerprint density at radius 2 is 1.61 bits per heavy atom. The van der Waals surface area contributed by atoms with Crippen LogP contribution in [0.25, 0.3) is 5.69 Å². The van der Waals surface area contributed by atoms with Crippen molar-refractivity contribution in [3.8, 4) is 11.4 Å². The topological polar surface area (TPSA) is 64.0 Å². The highest BCUT2D eigenvalue weighted by atomic mass is 16.5. The Bertz CT molecular complexity index is 1080. The fourth-order valence-corrected chi connectivity index (χ4v) is 2.91. The Labute approximate surface area is 163 Å². The van der Waals surface area contributed by atoms with Gasteiger partial charge < -0.3 is 19.9 Å². The van der Waals surface area contributed by atoms with E-state index in [1.54, 1.807) is 13.4 Å². The minimum absolute atomic E-state index is 0.745. The maximum absolute atomic E-state index is 5.57. The molecule has 4 aromatic rings. The van der Waals surface area contributed by atoms with Crippen molar-refractivity contribution >= 4 is 23.0 Å². The second kappa shape index (κ2) is 7.84. The number of rotatable bonds is 6. The number of aryl methyl sites for hydroxylation is 1. The van der Waals surface area contributed by atoms with Gasteiger partial charge in [-0.3, -0.25) is 0 Å². The third-order valence-electron chi connectivity index (χ3n) is 4.24. The largest absolute Gasteiger partial charge is 0.494 e. The molecule has 0 saturated carbocycles. The summed E-state index contributed by atoms with van der Waals surface area (Å²) in [5, 5.41) is 6.63. The lowest BCUT2D eigenvalue weighted by atomic mass is 10.2. The normalized spacial score (nSPS) is 10.5. The maximum Gasteiger partial charge on any atom is 0.144 e. The molecule has 0 saturated heterocycles. The SMILES string of the molecule is COc1cc(Nc2cccc(Nc3ccccc3)n2)ccc1-n1cnc(C)c1. The van der Waals surface area contributed by atoms with Crippen LogP contribution < -0.4 is 15.4 Å². The number of pyridine rings is 1. The van der Waals surface area contributed by atoms with Crippen molar-refractivity contribution < 1.29 is 4.74 Å². The van der Waals surface area contributed by atoms with Crippen molar-refractivity contribution in [1.29, 1.82) is 0 Å². The van der Waals surface area contributed by atoms with Crippen LogP contribution in [-0.2, 0) is 0 Å². The zero-order valence-corrected chi connectivity index (χ0v) is 15.8. The van der Waals surface area contributed by atoms with Gasteiger partial charge in [-0.25, -0.2) is 9.97 Å². The fourth-order valence-electron chi connectivity index (χ4n) is 2.91. The molecule has 0 unspecified atom stereocenters. The number of methoxy groups -OCH3 is 1. The first kappa shape index (κ1) is 17.6. The standard InChI is InChI=1S/C22H21N5O/c1-16-14-27(15-23-16)19-12-11-18(13-20(19)28-2)25-22-10-6-9-21(26-22)24-17-7-4-3-5-8-17/h3-15H,1-2H3,(H2,24,25,26). The van der Waals surface area contributed by atoms with E-state index in [9.17, 15) is 0 Å². The average Bonchev–Trinajstić information content (AvgIpc) is 3.15. The number of hydrogen-bond acceptors (Lipinski definition) is 5. The van der Waals surface area contributed by atoms with E-state index < -0.39 is 0 Å². The molecule has 6 nitrogen and oxygen atoms in total. The van der Waals surface area contributed by atoms with Gasteiger partial charge in [0, 0.05) is 23.6 Å². The number of para-hydroxylation sites is 1. The summed E-state index contributed by atoms with van der Waals surface area (Å²) < 4.78 is 7.51. The quantitative estimate of drug-likeness (QED) is 0.495. The lowest BCUT2D eigenvalue weighted by molar-refractivity contribution is 0.413. The fraction of sp³-hybridized carbons (Fsp3) is 0.0909. The number of hydrogen-bond donors (Lipinski definition) is 2. The first-order valence-corrected chi connectivity index (χ1v) is 8.96. The Morgan fingerprint density at radius 3 is 2.29 bits per heavy atom. The van der Waals surface area contributed by atoms with Gasteiger partial charge in [0.25, 0.3) is 0 Å². The number of nitrogens with zero attached hydrogens (tertiary/aromatic N) is 3. The molecule has 4 rings (SSSR count). The predicted octanol–water partition coefficient (Wildman–Crippen LogP) is 5.07. The molecular formula is C22H21N5O. The number of benzene rings is 2. The van der Waals surface area contributed by atoms with Crippen molar-refractivity contribution in [2.24, 2.45) is 0 Å². The van der Waals surface area contributed by atoms with Gasteiger partial charge in [0.05, 0.1) is 24.8 Å². The summed E-state index contributed by atoms with van der Waals surface area (Å²) in [5.74, 6) is 2.27. The van der Waals surface area contributed by atoms with E-state index in [1.807, 2.05) is 84.4 Å². The Morgan fingerprint density at radius 1 is 0.857 bits per heavy atom. The van der Waals surface area contributed by atoms with Crippen LogP contribution in [0.15, 0.2) is 79.3 Å². The summed E-state index contributed by atoms with van der Waals surface area (Å²) >= 11 is 0. The lowest BCUT2D eigenvalue weighted by Gasteiger charge is -2.13. The van der Waals surface area contributed by atoms with Crippen LogP contribution in [0, 0.1) is 6.92 Å². The number of nitrogens with one attached hydrogen (secondary N) is 2. The summed E-state index contributed by atoms with van der Waals surface area (Å²) in [6.45, 7) is 1.96. The van der Waals surface area contributed by atoms with Crippen LogP contribution in [0.1, 0.15) is 5.69 Å². The number of ether oxygens (including phenoxy) is 1. The Balaban J connectivity index is 1.55. The van der Waals surface area contributed by atoms with E-state index >= 15 is 0 Å².